The number of nitrogens with zero attached hydrogens (tertiary/aromatic N) is 4. The summed E-state index contributed by atoms with van der Waals surface area (Å²) in [5.41, 5.74) is 8.90. The first-order valence-corrected chi connectivity index (χ1v) is 6.38. The maximum atomic E-state index is 11.1. The molecule has 0 atom stereocenters. The lowest BCUT2D eigenvalue weighted by Gasteiger charge is -2.07. The molecule has 1 amide bonds. The molecule has 3 rings (SSSR count). The first-order chi connectivity index (χ1) is 10.1. The Hall–Kier alpha value is -3.02. The van der Waals surface area contributed by atoms with E-state index >= 15 is 0 Å². The van der Waals surface area contributed by atoms with Gasteiger partial charge in [-0.1, -0.05) is 0 Å². The van der Waals surface area contributed by atoms with E-state index in [1.54, 1.807) is 29.2 Å². The van der Waals surface area contributed by atoms with E-state index in [4.69, 9.17) is 5.73 Å². The van der Waals surface area contributed by atoms with Gasteiger partial charge in [0.1, 0.15) is 0 Å². The SMILES string of the molecule is Cc1ccc(-n2nccc2-c2ccc(C(N)=O)cn2)cn1. The fraction of sp³-hybridized carbons (Fsp3) is 0.0667. The third kappa shape index (κ3) is 2.51. The molecule has 21 heavy (non-hydrogen) atoms. The summed E-state index contributed by atoms with van der Waals surface area (Å²) in [5, 5.41) is 4.30. The lowest BCUT2D eigenvalue weighted by molar-refractivity contribution is 0.1000. The van der Waals surface area contributed by atoms with E-state index in [9.17, 15) is 4.79 Å². The van der Waals surface area contributed by atoms with Crippen LogP contribution in [0, 0.1) is 6.92 Å². The number of rotatable bonds is 3. The van der Waals surface area contributed by atoms with Crippen molar-refractivity contribution in [2.75, 3.05) is 0 Å². The number of hydrogen-bond donors (Lipinski definition) is 1. The first kappa shape index (κ1) is 13.0. The van der Waals surface area contributed by atoms with Crippen LogP contribution in [0.3, 0.4) is 0 Å². The average Bonchev–Trinajstić information content (AvgIpc) is 2.97. The van der Waals surface area contributed by atoms with E-state index in [2.05, 4.69) is 15.1 Å². The van der Waals surface area contributed by atoms with Crippen molar-refractivity contribution in [3.63, 3.8) is 0 Å². The summed E-state index contributed by atoms with van der Waals surface area (Å²) >= 11 is 0. The van der Waals surface area contributed by atoms with Gasteiger partial charge in [-0.3, -0.25) is 14.8 Å². The zero-order valence-corrected chi connectivity index (χ0v) is 11.4. The average molecular weight is 279 g/mol. The molecule has 0 aliphatic carbocycles. The number of carbonyl (C=O) groups excluding carboxylic acids is 1. The molecule has 0 spiro atoms. The number of pyridine rings is 2. The Morgan fingerprint density at radius 2 is 1.95 bits per heavy atom. The summed E-state index contributed by atoms with van der Waals surface area (Å²) in [5.74, 6) is -0.495. The van der Waals surface area contributed by atoms with Crippen LogP contribution in [-0.4, -0.2) is 25.7 Å². The number of nitrogens with two attached hydrogens (primary N) is 1. The van der Waals surface area contributed by atoms with Crippen LogP contribution in [0.2, 0.25) is 0 Å². The Labute approximate surface area is 121 Å². The molecule has 0 aromatic carbocycles. The van der Waals surface area contributed by atoms with Crippen LogP contribution in [0.5, 0.6) is 0 Å². The van der Waals surface area contributed by atoms with Crippen molar-refractivity contribution in [3.05, 3.63) is 60.2 Å². The molecular weight excluding hydrogens is 266 g/mol. The molecule has 0 radical (unpaired) electrons. The van der Waals surface area contributed by atoms with E-state index in [1.165, 1.54) is 6.20 Å². The summed E-state index contributed by atoms with van der Waals surface area (Å²) in [6, 6.07) is 9.11. The smallest absolute Gasteiger partial charge is 0.250 e. The number of carbonyl (C=O) groups is 1. The van der Waals surface area contributed by atoms with Gasteiger partial charge >= 0.3 is 0 Å². The van der Waals surface area contributed by atoms with Crippen molar-refractivity contribution in [3.8, 4) is 17.1 Å². The third-order valence-corrected chi connectivity index (χ3v) is 3.09. The maximum absolute atomic E-state index is 11.1. The van der Waals surface area contributed by atoms with Gasteiger partial charge in [-0.15, -0.1) is 0 Å². The zero-order valence-electron chi connectivity index (χ0n) is 11.4. The van der Waals surface area contributed by atoms with Crippen LogP contribution in [-0.2, 0) is 0 Å². The van der Waals surface area contributed by atoms with Crippen LogP contribution in [0.25, 0.3) is 17.1 Å². The monoisotopic (exact) mass is 279 g/mol. The molecule has 0 aliphatic rings. The van der Waals surface area contributed by atoms with Crippen molar-refractivity contribution in [2.45, 2.75) is 6.92 Å². The molecule has 0 fully saturated rings. The van der Waals surface area contributed by atoms with Crippen molar-refractivity contribution in [1.82, 2.24) is 19.7 Å². The third-order valence-electron chi connectivity index (χ3n) is 3.09. The lowest BCUT2D eigenvalue weighted by atomic mass is 10.2. The highest BCUT2D eigenvalue weighted by Gasteiger charge is 2.10. The highest BCUT2D eigenvalue weighted by atomic mass is 16.1. The van der Waals surface area contributed by atoms with Gasteiger partial charge in [0.2, 0.25) is 5.91 Å². The molecule has 0 saturated heterocycles. The Kier molecular flexibility index (Phi) is 3.19. The summed E-state index contributed by atoms with van der Waals surface area (Å²) in [6.45, 7) is 1.93. The van der Waals surface area contributed by atoms with Gasteiger partial charge in [0, 0.05) is 11.9 Å². The quantitative estimate of drug-likeness (QED) is 0.791. The van der Waals surface area contributed by atoms with E-state index in [1.807, 2.05) is 25.1 Å². The number of amides is 1. The second-order valence-corrected chi connectivity index (χ2v) is 4.58. The lowest BCUT2D eigenvalue weighted by Crippen LogP contribution is -2.11. The second-order valence-electron chi connectivity index (χ2n) is 4.58. The molecular formula is C15H13N5O. The zero-order chi connectivity index (χ0) is 14.8. The van der Waals surface area contributed by atoms with Gasteiger partial charge < -0.3 is 5.73 Å². The molecule has 6 nitrogen and oxygen atoms in total. The number of primary amides is 1. The molecule has 0 saturated carbocycles. The molecule has 2 N–H and O–H groups in total. The van der Waals surface area contributed by atoms with Crippen LogP contribution in [0.1, 0.15) is 16.1 Å². The van der Waals surface area contributed by atoms with Crippen LogP contribution >= 0.6 is 0 Å². The second kappa shape index (κ2) is 5.16. The van der Waals surface area contributed by atoms with E-state index in [0.29, 0.717) is 11.3 Å². The number of aryl methyl sites for hydroxylation is 1. The van der Waals surface area contributed by atoms with Crippen LogP contribution < -0.4 is 5.73 Å². The molecule has 3 aromatic rings. The molecule has 104 valence electrons. The number of hydrogen-bond acceptors (Lipinski definition) is 4. The summed E-state index contributed by atoms with van der Waals surface area (Å²) in [7, 11) is 0. The van der Waals surface area contributed by atoms with Gasteiger partial charge in [0.05, 0.1) is 35.0 Å². The van der Waals surface area contributed by atoms with Crippen molar-refractivity contribution in [2.24, 2.45) is 5.73 Å². The Balaban J connectivity index is 2.02. The first-order valence-electron chi connectivity index (χ1n) is 6.38. The highest BCUT2D eigenvalue weighted by molar-refractivity contribution is 5.92. The largest absolute Gasteiger partial charge is 0.366 e. The summed E-state index contributed by atoms with van der Waals surface area (Å²) in [4.78, 5) is 19.6. The van der Waals surface area contributed by atoms with Crippen molar-refractivity contribution in [1.29, 1.82) is 0 Å². The van der Waals surface area contributed by atoms with Gasteiger partial charge in [-0.05, 0) is 37.3 Å². The maximum Gasteiger partial charge on any atom is 0.250 e. The normalized spacial score (nSPS) is 10.5. The summed E-state index contributed by atoms with van der Waals surface area (Å²) in [6.07, 6.45) is 4.91. The topological polar surface area (TPSA) is 86.7 Å². The standard InChI is InChI=1S/C15H13N5O/c1-10-2-4-12(9-17-10)20-14(6-7-19-20)13-5-3-11(8-18-13)15(16)21/h2-9H,1H3,(H2,16,21). The van der Waals surface area contributed by atoms with Gasteiger partial charge in [0.15, 0.2) is 0 Å². The van der Waals surface area contributed by atoms with E-state index in [-0.39, 0.29) is 0 Å². The fourth-order valence-corrected chi connectivity index (χ4v) is 1.98. The molecule has 3 heterocycles. The summed E-state index contributed by atoms with van der Waals surface area (Å²) < 4.78 is 1.75. The van der Waals surface area contributed by atoms with Crippen LogP contribution in [0.15, 0.2) is 48.9 Å². The van der Waals surface area contributed by atoms with Crippen molar-refractivity contribution < 1.29 is 4.79 Å². The minimum Gasteiger partial charge on any atom is -0.366 e. The fourth-order valence-electron chi connectivity index (χ4n) is 1.98. The van der Waals surface area contributed by atoms with Gasteiger partial charge in [-0.25, -0.2) is 4.68 Å². The van der Waals surface area contributed by atoms with E-state index in [0.717, 1.165) is 17.1 Å². The van der Waals surface area contributed by atoms with Crippen molar-refractivity contribution >= 4 is 5.91 Å². The minimum atomic E-state index is -0.495. The predicted octanol–water partition coefficient (Wildman–Crippen LogP) is 1.74. The van der Waals surface area contributed by atoms with Gasteiger partial charge in [-0.2, -0.15) is 5.10 Å². The van der Waals surface area contributed by atoms with Crippen LogP contribution in [0.4, 0.5) is 0 Å². The minimum absolute atomic E-state index is 0.377. The number of aromatic nitrogens is 4. The Morgan fingerprint density at radius 1 is 1.10 bits per heavy atom. The Morgan fingerprint density at radius 3 is 2.57 bits per heavy atom. The predicted molar refractivity (Wildman–Crippen MR) is 77.8 cm³/mol. The molecule has 0 unspecified atom stereocenters. The Bertz CT molecular complexity index is 775. The molecule has 0 bridgehead atoms. The van der Waals surface area contributed by atoms with E-state index < -0.39 is 5.91 Å². The van der Waals surface area contributed by atoms with Gasteiger partial charge in [0.25, 0.3) is 0 Å². The molecule has 6 heteroatoms. The highest BCUT2D eigenvalue weighted by Crippen LogP contribution is 2.20. The molecule has 0 aliphatic heterocycles. The molecule has 3 aromatic heterocycles.